The number of ether oxygens (including phenoxy) is 1. The Kier molecular flexibility index (Phi) is 1.74. The SMILES string of the molecule is O=COc1ncccn1. The van der Waals surface area contributed by atoms with Crippen LogP contribution in [-0.4, -0.2) is 16.4 Å². The van der Waals surface area contributed by atoms with Crippen molar-refractivity contribution in [2.24, 2.45) is 0 Å². The van der Waals surface area contributed by atoms with Crippen LogP contribution in [0.2, 0.25) is 0 Å². The summed E-state index contributed by atoms with van der Waals surface area (Å²) < 4.78 is 4.30. The Bertz CT molecular complexity index is 187. The molecule has 0 aliphatic carbocycles. The molecule has 0 atom stereocenters. The van der Waals surface area contributed by atoms with Gasteiger partial charge in [0.1, 0.15) is 0 Å². The summed E-state index contributed by atoms with van der Waals surface area (Å²) >= 11 is 0. The van der Waals surface area contributed by atoms with E-state index in [2.05, 4.69) is 14.7 Å². The maximum Gasteiger partial charge on any atom is 0.323 e. The van der Waals surface area contributed by atoms with Gasteiger partial charge in [-0.2, -0.15) is 0 Å². The molecule has 1 aromatic heterocycles. The van der Waals surface area contributed by atoms with Crippen molar-refractivity contribution in [1.82, 2.24) is 9.97 Å². The fraction of sp³-hybridized carbons (Fsp3) is 0. The van der Waals surface area contributed by atoms with E-state index >= 15 is 0 Å². The lowest BCUT2D eigenvalue weighted by atomic mass is 10.7. The van der Waals surface area contributed by atoms with Crippen molar-refractivity contribution in [2.45, 2.75) is 0 Å². The van der Waals surface area contributed by atoms with Crippen LogP contribution in [0.15, 0.2) is 18.5 Å². The molecule has 0 unspecified atom stereocenters. The lowest BCUT2D eigenvalue weighted by molar-refractivity contribution is -0.121. The molecule has 0 aliphatic rings. The van der Waals surface area contributed by atoms with Crippen molar-refractivity contribution in [1.29, 1.82) is 0 Å². The molecule has 0 N–H and O–H groups in total. The highest BCUT2D eigenvalue weighted by Crippen LogP contribution is 1.93. The molecule has 46 valence electrons. The van der Waals surface area contributed by atoms with Gasteiger partial charge in [-0.25, -0.2) is 9.97 Å². The molecular weight excluding hydrogens is 120 g/mol. The first-order valence-electron chi connectivity index (χ1n) is 2.31. The Labute approximate surface area is 51.5 Å². The lowest BCUT2D eigenvalue weighted by Crippen LogP contribution is -1.92. The predicted molar refractivity (Wildman–Crippen MR) is 28.7 cm³/mol. The summed E-state index contributed by atoms with van der Waals surface area (Å²) in [5, 5.41) is 0. The molecule has 1 rings (SSSR count). The van der Waals surface area contributed by atoms with Crippen LogP contribution in [0.1, 0.15) is 0 Å². The smallest absolute Gasteiger partial charge is 0.323 e. The third-order valence-corrected chi connectivity index (χ3v) is 0.696. The minimum Gasteiger partial charge on any atom is -0.393 e. The van der Waals surface area contributed by atoms with E-state index in [1.165, 1.54) is 12.4 Å². The molecule has 0 bridgehead atoms. The van der Waals surface area contributed by atoms with E-state index < -0.39 is 0 Å². The first-order chi connectivity index (χ1) is 4.43. The van der Waals surface area contributed by atoms with Gasteiger partial charge in [0.05, 0.1) is 0 Å². The van der Waals surface area contributed by atoms with E-state index in [1.807, 2.05) is 0 Å². The average Bonchev–Trinajstić information content (AvgIpc) is 1.91. The summed E-state index contributed by atoms with van der Waals surface area (Å²) in [5.41, 5.74) is 0. The summed E-state index contributed by atoms with van der Waals surface area (Å²) in [6, 6.07) is 1.71. The Morgan fingerprint density at radius 2 is 2.11 bits per heavy atom. The number of hydrogen-bond donors (Lipinski definition) is 0. The molecule has 0 aromatic carbocycles. The van der Waals surface area contributed by atoms with Crippen LogP contribution in [-0.2, 0) is 4.79 Å². The molecule has 0 saturated heterocycles. The first kappa shape index (κ1) is 5.68. The zero-order valence-electron chi connectivity index (χ0n) is 4.52. The van der Waals surface area contributed by atoms with Crippen molar-refractivity contribution >= 4 is 6.47 Å². The maximum absolute atomic E-state index is 9.67. The molecule has 4 nitrogen and oxygen atoms in total. The van der Waals surface area contributed by atoms with E-state index in [0.717, 1.165) is 0 Å². The summed E-state index contributed by atoms with van der Waals surface area (Å²) in [7, 11) is 0. The number of nitrogens with zero attached hydrogens (tertiary/aromatic N) is 2. The van der Waals surface area contributed by atoms with Crippen LogP contribution in [0.4, 0.5) is 0 Å². The van der Waals surface area contributed by atoms with Gasteiger partial charge in [-0.15, -0.1) is 0 Å². The molecule has 0 amide bonds. The van der Waals surface area contributed by atoms with Gasteiger partial charge in [0.15, 0.2) is 0 Å². The van der Waals surface area contributed by atoms with Crippen LogP contribution in [0.5, 0.6) is 6.01 Å². The van der Waals surface area contributed by atoms with Crippen molar-refractivity contribution in [3.05, 3.63) is 18.5 Å². The summed E-state index contributed by atoms with van der Waals surface area (Å²) in [4.78, 5) is 16.9. The second-order valence-electron chi connectivity index (χ2n) is 1.25. The average molecular weight is 124 g/mol. The van der Waals surface area contributed by atoms with Gasteiger partial charge < -0.3 is 4.74 Å². The van der Waals surface area contributed by atoms with Crippen LogP contribution in [0.25, 0.3) is 0 Å². The summed E-state index contributed by atoms with van der Waals surface area (Å²) in [6.45, 7) is 0.287. The zero-order chi connectivity index (χ0) is 6.53. The molecule has 0 fully saturated rings. The highest BCUT2D eigenvalue weighted by atomic mass is 16.5. The van der Waals surface area contributed by atoms with Crippen LogP contribution >= 0.6 is 0 Å². The standard InChI is InChI=1S/C5H4N2O2/c8-4-9-5-6-2-1-3-7-5/h1-4H. The van der Waals surface area contributed by atoms with Gasteiger partial charge in [0, 0.05) is 12.4 Å². The fourth-order valence-corrected chi connectivity index (χ4v) is 0.389. The van der Waals surface area contributed by atoms with E-state index in [9.17, 15) is 4.79 Å². The van der Waals surface area contributed by atoms with E-state index in [1.54, 1.807) is 6.07 Å². The molecule has 0 spiro atoms. The quantitative estimate of drug-likeness (QED) is 0.521. The highest BCUT2D eigenvalue weighted by molar-refractivity contribution is 5.41. The molecule has 1 heterocycles. The third-order valence-electron chi connectivity index (χ3n) is 0.696. The Balaban J connectivity index is 2.72. The first-order valence-corrected chi connectivity index (χ1v) is 2.31. The van der Waals surface area contributed by atoms with Gasteiger partial charge in [-0.05, 0) is 6.07 Å². The Morgan fingerprint density at radius 1 is 1.44 bits per heavy atom. The molecular formula is C5H4N2O2. The van der Waals surface area contributed by atoms with E-state index in [4.69, 9.17) is 0 Å². The van der Waals surface area contributed by atoms with Gasteiger partial charge in [0.25, 0.3) is 0 Å². The second kappa shape index (κ2) is 2.76. The predicted octanol–water partition coefficient (Wildman–Crippen LogP) is 0.0118. The molecule has 0 radical (unpaired) electrons. The summed E-state index contributed by atoms with van der Waals surface area (Å²) in [6.07, 6.45) is 2.98. The molecule has 0 aliphatic heterocycles. The maximum atomic E-state index is 9.67. The Morgan fingerprint density at radius 3 is 2.67 bits per heavy atom. The fourth-order valence-electron chi connectivity index (χ4n) is 0.389. The molecule has 9 heavy (non-hydrogen) atoms. The van der Waals surface area contributed by atoms with E-state index in [0.29, 0.717) is 0 Å². The second-order valence-corrected chi connectivity index (χ2v) is 1.25. The topological polar surface area (TPSA) is 52.1 Å². The van der Waals surface area contributed by atoms with Gasteiger partial charge >= 0.3 is 12.5 Å². The summed E-state index contributed by atoms with van der Waals surface area (Å²) in [5.74, 6) is 0. The minimum atomic E-state index is 0.0764. The third kappa shape index (κ3) is 1.49. The van der Waals surface area contributed by atoms with Crippen LogP contribution in [0, 0.1) is 0 Å². The van der Waals surface area contributed by atoms with Crippen molar-refractivity contribution in [3.8, 4) is 6.01 Å². The van der Waals surface area contributed by atoms with Crippen molar-refractivity contribution in [3.63, 3.8) is 0 Å². The monoisotopic (exact) mass is 124 g/mol. The highest BCUT2D eigenvalue weighted by Gasteiger charge is 1.88. The number of carbonyl (C=O) groups excluding carboxylic acids is 1. The largest absolute Gasteiger partial charge is 0.393 e. The van der Waals surface area contributed by atoms with Crippen LogP contribution < -0.4 is 4.74 Å². The molecule has 4 heteroatoms. The number of hydrogen-bond acceptors (Lipinski definition) is 4. The lowest BCUT2D eigenvalue weighted by Gasteiger charge is -1.89. The molecule has 1 aromatic rings. The Hall–Kier alpha value is -1.45. The van der Waals surface area contributed by atoms with E-state index in [-0.39, 0.29) is 12.5 Å². The zero-order valence-corrected chi connectivity index (χ0v) is 4.52. The minimum absolute atomic E-state index is 0.0764. The number of rotatable bonds is 2. The normalized spacial score (nSPS) is 8.44. The van der Waals surface area contributed by atoms with Crippen molar-refractivity contribution in [2.75, 3.05) is 0 Å². The van der Waals surface area contributed by atoms with Gasteiger partial charge in [0.2, 0.25) is 0 Å². The molecule has 0 saturated carbocycles. The number of aromatic nitrogens is 2. The number of carbonyl (C=O) groups is 1. The van der Waals surface area contributed by atoms with Crippen LogP contribution in [0.3, 0.4) is 0 Å². The van der Waals surface area contributed by atoms with Gasteiger partial charge in [-0.1, -0.05) is 0 Å². The van der Waals surface area contributed by atoms with Gasteiger partial charge in [-0.3, -0.25) is 4.79 Å². The van der Waals surface area contributed by atoms with Crippen molar-refractivity contribution < 1.29 is 9.53 Å².